The summed E-state index contributed by atoms with van der Waals surface area (Å²) < 4.78 is 11.6. The molecule has 0 spiro atoms. The molecule has 1 aliphatic heterocycles. The first kappa shape index (κ1) is 14.5. The number of nitrogens with two attached hydrogens (primary N) is 1. The number of hydrogen-bond donors (Lipinski definition) is 1. The molecule has 0 radical (unpaired) electrons. The second kappa shape index (κ2) is 5.23. The fourth-order valence-corrected chi connectivity index (χ4v) is 2.39. The summed E-state index contributed by atoms with van der Waals surface area (Å²) in [6.07, 6.45) is 0.785. The first-order valence-corrected chi connectivity index (χ1v) is 6.94. The van der Waals surface area contributed by atoms with Crippen molar-refractivity contribution in [2.24, 2.45) is 5.73 Å². The van der Waals surface area contributed by atoms with Gasteiger partial charge in [0.25, 0.3) is 0 Å². The van der Waals surface area contributed by atoms with Gasteiger partial charge in [-0.3, -0.25) is 0 Å². The van der Waals surface area contributed by atoms with Crippen LogP contribution in [0.15, 0.2) is 24.3 Å². The second-order valence-electron chi connectivity index (χ2n) is 6.54. The molecule has 2 rings (SSSR count). The Hall–Kier alpha value is -0.900. The lowest BCUT2D eigenvalue weighted by atomic mass is 9.86. The molecular weight excluding hydrogens is 238 g/mol. The van der Waals surface area contributed by atoms with Crippen molar-refractivity contribution in [1.29, 1.82) is 0 Å². The van der Waals surface area contributed by atoms with Gasteiger partial charge >= 0.3 is 0 Å². The Morgan fingerprint density at radius 1 is 1.26 bits per heavy atom. The third kappa shape index (κ3) is 3.56. The van der Waals surface area contributed by atoms with Crippen molar-refractivity contribution in [1.82, 2.24) is 0 Å². The van der Waals surface area contributed by atoms with Crippen LogP contribution in [-0.4, -0.2) is 25.0 Å². The molecule has 106 valence electrons. The molecule has 3 heteroatoms. The van der Waals surface area contributed by atoms with Gasteiger partial charge < -0.3 is 15.2 Å². The molecule has 0 aliphatic carbocycles. The molecule has 1 fully saturated rings. The van der Waals surface area contributed by atoms with Crippen LogP contribution < -0.4 is 5.73 Å². The average molecular weight is 263 g/mol. The molecule has 3 nitrogen and oxygen atoms in total. The minimum atomic E-state index is -0.534. The van der Waals surface area contributed by atoms with E-state index >= 15 is 0 Å². The van der Waals surface area contributed by atoms with Gasteiger partial charge in [0.05, 0.1) is 12.7 Å². The Morgan fingerprint density at radius 3 is 2.37 bits per heavy atom. The molecule has 1 aliphatic rings. The molecule has 0 aromatic heterocycles. The summed E-state index contributed by atoms with van der Waals surface area (Å²) in [5.41, 5.74) is 8.37. The van der Waals surface area contributed by atoms with Crippen LogP contribution in [0.25, 0.3) is 0 Å². The van der Waals surface area contributed by atoms with Gasteiger partial charge in [-0.05, 0) is 23.5 Å². The standard InChI is InChI=1S/C16H25NO2/c1-15(2,3)13-7-5-12(6-8-13)9-16(4)18-11-14(10-17)19-16/h5-8,14H,9-11,17H2,1-4H3. The minimum absolute atomic E-state index is 0.0267. The van der Waals surface area contributed by atoms with Crippen molar-refractivity contribution >= 4 is 0 Å². The summed E-state index contributed by atoms with van der Waals surface area (Å²) in [5.74, 6) is -0.534. The Kier molecular flexibility index (Phi) is 4.00. The van der Waals surface area contributed by atoms with Crippen LogP contribution in [0.2, 0.25) is 0 Å². The summed E-state index contributed by atoms with van der Waals surface area (Å²) in [7, 11) is 0. The molecule has 1 heterocycles. The highest BCUT2D eigenvalue weighted by Gasteiger charge is 2.36. The maximum atomic E-state index is 5.85. The molecule has 1 aromatic rings. The van der Waals surface area contributed by atoms with Crippen molar-refractivity contribution in [3.05, 3.63) is 35.4 Å². The van der Waals surface area contributed by atoms with Gasteiger partial charge in [0.15, 0.2) is 5.79 Å². The quantitative estimate of drug-likeness (QED) is 0.911. The minimum Gasteiger partial charge on any atom is -0.347 e. The number of rotatable bonds is 3. The van der Waals surface area contributed by atoms with Crippen LogP contribution in [0.3, 0.4) is 0 Å². The third-order valence-corrected chi connectivity index (χ3v) is 3.60. The number of hydrogen-bond acceptors (Lipinski definition) is 3. The lowest BCUT2D eigenvalue weighted by molar-refractivity contribution is -0.151. The van der Waals surface area contributed by atoms with Gasteiger partial charge in [-0.15, -0.1) is 0 Å². The average Bonchev–Trinajstić information content (AvgIpc) is 2.70. The Morgan fingerprint density at radius 2 is 1.89 bits per heavy atom. The highest BCUT2D eigenvalue weighted by Crippen LogP contribution is 2.28. The predicted octanol–water partition coefficient (Wildman–Crippen LogP) is 2.62. The number of benzene rings is 1. The largest absolute Gasteiger partial charge is 0.347 e. The zero-order valence-corrected chi connectivity index (χ0v) is 12.4. The van der Waals surface area contributed by atoms with E-state index in [0.29, 0.717) is 13.2 Å². The van der Waals surface area contributed by atoms with Crippen LogP contribution in [0.4, 0.5) is 0 Å². The van der Waals surface area contributed by atoms with E-state index in [1.165, 1.54) is 11.1 Å². The van der Waals surface area contributed by atoms with E-state index in [1.54, 1.807) is 0 Å². The van der Waals surface area contributed by atoms with E-state index in [2.05, 4.69) is 45.0 Å². The van der Waals surface area contributed by atoms with Crippen molar-refractivity contribution in [2.75, 3.05) is 13.2 Å². The molecule has 0 amide bonds. The highest BCUT2D eigenvalue weighted by atomic mass is 16.7. The van der Waals surface area contributed by atoms with Crippen molar-refractivity contribution in [3.63, 3.8) is 0 Å². The van der Waals surface area contributed by atoms with E-state index < -0.39 is 5.79 Å². The summed E-state index contributed by atoms with van der Waals surface area (Å²) in [6, 6.07) is 8.70. The van der Waals surface area contributed by atoms with Crippen LogP contribution in [0.5, 0.6) is 0 Å². The van der Waals surface area contributed by atoms with E-state index in [4.69, 9.17) is 15.2 Å². The monoisotopic (exact) mass is 263 g/mol. The van der Waals surface area contributed by atoms with Gasteiger partial charge in [0, 0.05) is 13.0 Å². The molecule has 1 aromatic carbocycles. The van der Waals surface area contributed by atoms with Gasteiger partial charge in [-0.25, -0.2) is 0 Å². The molecule has 2 atom stereocenters. The molecule has 0 bridgehead atoms. The summed E-state index contributed by atoms with van der Waals surface area (Å²) >= 11 is 0. The van der Waals surface area contributed by atoms with Crippen molar-refractivity contribution in [3.8, 4) is 0 Å². The third-order valence-electron chi connectivity index (χ3n) is 3.60. The Bertz CT molecular complexity index is 421. The fourth-order valence-electron chi connectivity index (χ4n) is 2.39. The van der Waals surface area contributed by atoms with Gasteiger partial charge in [0.2, 0.25) is 0 Å². The lowest BCUT2D eigenvalue weighted by Gasteiger charge is -2.24. The summed E-state index contributed by atoms with van der Waals surface area (Å²) in [4.78, 5) is 0. The SMILES string of the molecule is CC1(Cc2ccc(C(C)(C)C)cc2)OCC(CN)O1. The topological polar surface area (TPSA) is 44.5 Å². The molecule has 2 N–H and O–H groups in total. The van der Waals surface area contributed by atoms with Gasteiger partial charge in [-0.2, -0.15) is 0 Å². The summed E-state index contributed by atoms with van der Waals surface area (Å²) in [5, 5.41) is 0. The number of ether oxygens (including phenoxy) is 2. The second-order valence-corrected chi connectivity index (χ2v) is 6.54. The van der Waals surface area contributed by atoms with Crippen LogP contribution in [0, 0.1) is 0 Å². The van der Waals surface area contributed by atoms with Crippen molar-refractivity contribution < 1.29 is 9.47 Å². The van der Waals surface area contributed by atoms with Gasteiger partial charge in [-0.1, -0.05) is 45.0 Å². The molecular formula is C16H25NO2. The van der Waals surface area contributed by atoms with Crippen molar-refractivity contribution in [2.45, 2.75) is 51.4 Å². The molecule has 1 saturated heterocycles. The fraction of sp³-hybridized carbons (Fsp3) is 0.625. The highest BCUT2D eigenvalue weighted by molar-refractivity contribution is 5.28. The molecule has 2 unspecified atom stereocenters. The zero-order chi connectivity index (χ0) is 14.1. The smallest absolute Gasteiger partial charge is 0.170 e. The molecule has 0 saturated carbocycles. The van der Waals surface area contributed by atoms with Crippen LogP contribution in [-0.2, 0) is 21.3 Å². The normalized spacial score (nSPS) is 27.7. The zero-order valence-electron chi connectivity index (χ0n) is 12.4. The van der Waals surface area contributed by atoms with Gasteiger partial charge in [0.1, 0.15) is 0 Å². The maximum absolute atomic E-state index is 5.85. The van der Waals surface area contributed by atoms with Crippen LogP contribution in [0.1, 0.15) is 38.8 Å². The first-order chi connectivity index (χ1) is 8.82. The van der Waals surface area contributed by atoms with E-state index in [-0.39, 0.29) is 11.5 Å². The maximum Gasteiger partial charge on any atom is 0.170 e. The Balaban J connectivity index is 2.04. The van der Waals surface area contributed by atoms with E-state index in [1.807, 2.05) is 6.92 Å². The molecule has 19 heavy (non-hydrogen) atoms. The van der Waals surface area contributed by atoms with E-state index in [0.717, 1.165) is 6.42 Å². The lowest BCUT2D eigenvalue weighted by Crippen LogP contribution is -2.31. The predicted molar refractivity (Wildman–Crippen MR) is 77.1 cm³/mol. The van der Waals surface area contributed by atoms with E-state index in [9.17, 15) is 0 Å². The summed E-state index contributed by atoms with van der Waals surface area (Å²) in [6.45, 7) is 9.75. The van der Waals surface area contributed by atoms with Crippen LogP contribution >= 0.6 is 0 Å². The Labute approximate surface area is 116 Å². The first-order valence-electron chi connectivity index (χ1n) is 6.94.